The summed E-state index contributed by atoms with van der Waals surface area (Å²) >= 11 is 1.35. The van der Waals surface area contributed by atoms with E-state index in [4.69, 9.17) is 4.74 Å². The maximum atomic E-state index is 12.7. The molecule has 172 valence electrons. The number of methoxy groups -OCH3 is 1. The summed E-state index contributed by atoms with van der Waals surface area (Å²) in [4.78, 5) is 25.4. The molecule has 10 heteroatoms. The average Bonchev–Trinajstić information content (AvgIpc) is 2.82. The number of ether oxygens (including phenoxy) is 1. The molecule has 2 amide bonds. The van der Waals surface area contributed by atoms with E-state index in [1.807, 2.05) is 31.2 Å². The third-order valence-electron chi connectivity index (χ3n) is 4.52. The zero-order valence-corrected chi connectivity index (χ0v) is 19.6. The molecule has 0 unspecified atom stereocenters. The maximum Gasteiger partial charge on any atom is 0.269 e. The standard InChI is InChI=1S/C23H23N3O5S2/c1-16-6-3-4-9-21(16)32-15-22(27)24-25-23(28)17-7-5-8-20(14-17)33(29,30)26-18-10-12-19(31-2)13-11-18/h3-14,26H,15H2,1-2H3,(H,24,27)(H,25,28). The van der Waals surface area contributed by atoms with E-state index in [-0.39, 0.29) is 22.1 Å². The number of carbonyl (C=O) groups is 2. The SMILES string of the molecule is COc1ccc(NS(=O)(=O)c2cccc(C(=O)NNC(=O)CSc3ccccc3C)c2)cc1. The Labute approximate surface area is 196 Å². The minimum absolute atomic E-state index is 0.0828. The lowest BCUT2D eigenvalue weighted by Crippen LogP contribution is -2.42. The van der Waals surface area contributed by atoms with Crippen LogP contribution in [0.1, 0.15) is 15.9 Å². The second-order valence-corrected chi connectivity index (χ2v) is 9.62. The van der Waals surface area contributed by atoms with Gasteiger partial charge in [-0.25, -0.2) is 8.42 Å². The van der Waals surface area contributed by atoms with Crippen LogP contribution < -0.4 is 20.3 Å². The van der Waals surface area contributed by atoms with E-state index in [9.17, 15) is 18.0 Å². The Hall–Kier alpha value is -3.50. The van der Waals surface area contributed by atoms with Gasteiger partial charge in [0.15, 0.2) is 0 Å². The van der Waals surface area contributed by atoms with Crippen molar-refractivity contribution in [3.05, 3.63) is 83.9 Å². The molecule has 3 aromatic carbocycles. The molecule has 0 aromatic heterocycles. The van der Waals surface area contributed by atoms with E-state index >= 15 is 0 Å². The summed E-state index contributed by atoms with van der Waals surface area (Å²) in [6.07, 6.45) is 0. The van der Waals surface area contributed by atoms with Gasteiger partial charge in [-0.1, -0.05) is 24.3 Å². The van der Waals surface area contributed by atoms with Gasteiger partial charge in [0.25, 0.3) is 15.9 Å². The van der Waals surface area contributed by atoms with Crippen LogP contribution in [0.3, 0.4) is 0 Å². The number of sulfonamides is 1. The van der Waals surface area contributed by atoms with Crippen LogP contribution in [0, 0.1) is 6.92 Å². The lowest BCUT2D eigenvalue weighted by Gasteiger charge is -2.11. The number of hydrazine groups is 1. The Morgan fingerprint density at radius 2 is 1.67 bits per heavy atom. The number of carbonyl (C=O) groups excluding carboxylic acids is 2. The summed E-state index contributed by atoms with van der Waals surface area (Å²) in [5, 5.41) is 0. The van der Waals surface area contributed by atoms with Gasteiger partial charge in [0, 0.05) is 16.1 Å². The molecule has 3 aromatic rings. The molecule has 0 saturated carbocycles. The van der Waals surface area contributed by atoms with Gasteiger partial charge in [-0.2, -0.15) is 0 Å². The Morgan fingerprint density at radius 1 is 0.939 bits per heavy atom. The number of hydrogen-bond donors (Lipinski definition) is 3. The molecule has 3 N–H and O–H groups in total. The second kappa shape index (κ2) is 10.9. The van der Waals surface area contributed by atoms with Gasteiger partial charge in [-0.3, -0.25) is 25.2 Å². The molecule has 0 aliphatic carbocycles. The quantitative estimate of drug-likeness (QED) is 0.333. The van der Waals surface area contributed by atoms with Crippen molar-refractivity contribution in [1.29, 1.82) is 0 Å². The number of amides is 2. The summed E-state index contributed by atoms with van der Waals surface area (Å²) < 4.78 is 32.9. The monoisotopic (exact) mass is 485 g/mol. The van der Waals surface area contributed by atoms with Gasteiger partial charge in [-0.15, -0.1) is 11.8 Å². The average molecular weight is 486 g/mol. The molecular formula is C23H23N3O5S2. The molecule has 3 rings (SSSR count). The van der Waals surface area contributed by atoms with Crippen LogP contribution in [0.15, 0.2) is 82.6 Å². The van der Waals surface area contributed by atoms with Gasteiger partial charge < -0.3 is 4.74 Å². The van der Waals surface area contributed by atoms with Crippen LogP contribution in [-0.4, -0.2) is 33.1 Å². The Morgan fingerprint density at radius 3 is 2.36 bits per heavy atom. The Bertz CT molecular complexity index is 1240. The number of rotatable bonds is 8. The highest BCUT2D eigenvalue weighted by molar-refractivity contribution is 8.00. The largest absolute Gasteiger partial charge is 0.497 e. The molecule has 0 heterocycles. The molecule has 0 spiro atoms. The van der Waals surface area contributed by atoms with Crippen LogP contribution >= 0.6 is 11.8 Å². The molecule has 8 nitrogen and oxygen atoms in total. The minimum Gasteiger partial charge on any atom is -0.497 e. The fourth-order valence-corrected chi connectivity index (χ4v) is 4.71. The van der Waals surface area contributed by atoms with Crippen molar-refractivity contribution in [2.45, 2.75) is 16.7 Å². The first-order valence-electron chi connectivity index (χ1n) is 9.83. The summed E-state index contributed by atoms with van der Waals surface area (Å²) in [6, 6.07) is 19.6. The fraction of sp³-hybridized carbons (Fsp3) is 0.130. The Kier molecular flexibility index (Phi) is 7.96. The molecule has 0 aliphatic rings. The number of aryl methyl sites for hydroxylation is 1. The van der Waals surface area contributed by atoms with E-state index in [1.165, 1.54) is 43.1 Å². The fourth-order valence-electron chi connectivity index (χ4n) is 2.77. The summed E-state index contributed by atoms with van der Waals surface area (Å²) in [7, 11) is -2.41. The van der Waals surface area contributed by atoms with Crippen molar-refractivity contribution in [3.63, 3.8) is 0 Å². The van der Waals surface area contributed by atoms with Gasteiger partial charge in [0.1, 0.15) is 5.75 Å². The minimum atomic E-state index is -3.93. The molecule has 0 radical (unpaired) electrons. The van der Waals surface area contributed by atoms with Crippen molar-refractivity contribution in [2.75, 3.05) is 17.6 Å². The third-order valence-corrected chi connectivity index (χ3v) is 7.07. The number of hydrogen-bond acceptors (Lipinski definition) is 6. The first-order valence-corrected chi connectivity index (χ1v) is 12.3. The molecular weight excluding hydrogens is 462 g/mol. The van der Waals surface area contributed by atoms with Crippen LogP contribution in [0.2, 0.25) is 0 Å². The van der Waals surface area contributed by atoms with Crippen LogP contribution in [-0.2, 0) is 14.8 Å². The smallest absolute Gasteiger partial charge is 0.269 e. The second-order valence-electron chi connectivity index (χ2n) is 6.92. The lowest BCUT2D eigenvalue weighted by atomic mass is 10.2. The van der Waals surface area contributed by atoms with Crippen molar-refractivity contribution in [3.8, 4) is 5.75 Å². The molecule has 0 bridgehead atoms. The zero-order chi connectivity index (χ0) is 23.8. The van der Waals surface area contributed by atoms with Crippen molar-refractivity contribution in [2.24, 2.45) is 0 Å². The molecule has 33 heavy (non-hydrogen) atoms. The lowest BCUT2D eigenvalue weighted by molar-refractivity contribution is -0.119. The summed E-state index contributed by atoms with van der Waals surface area (Å²) in [6.45, 7) is 1.95. The summed E-state index contributed by atoms with van der Waals surface area (Å²) in [5.41, 5.74) is 6.14. The summed E-state index contributed by atoms with van der Waals surface area (Å²) in [5.74, 6) is -0.311. The topological polar surface area (TPSA) is 114 Å². The van der Waals surface area contributed by atoms with Crippen molar-refractivity contribution in [1.82, 2.24) is 10.9 Å². The van der Waals surface area contributed by atoms with Gasteiger partial charge in [0.2, 0.25) is 5.91 Å². The van der Waals surface area contributed by atoms with E-state index < -0.39 is 15.9 Å². The maximum absolute atomic E-state index is 12.7. The van der Waals surface area contributed by atoms with Gasteiger partial charge >= 0.3 is 0 Å². The predicted molar refractivity (Wildman–Crippen MR) is 128 cm³/mol. The predicted octanol–water partition coefficient (Wildman–Crippen LogP) is 3.36. The highest BCUT2D eigenvalue weighted by Crippen LogP contribution is 2.22. The number of anilines is 1. The highest BCUT2D eigenvalue weighted by atomic mass is 32.2. The van der Waals surface area contributed by atoms with Gasteiger partial charge in [0.05, 0.1) is 17.8 Å². The first-order chi connectivity index (χ1) is 15.8. The number of benzene rings is 3. The Balaban J connectivity index is 1.59. The number of thioether (sulfide) groups is 1. The normalized spacial score (nSPS) is 10.8. The molecule has 0 atom stereocenters. The zero-order valence-electron chi connectivity index (χ0n) is 18.0. The van der Waals surface area contributed by atoms with Crippen molar-refractivity contribution < 1.29 is 22.7 Å². The van der Waals surface area contributed by atoms with Crippen LogP contribution in [0.5, 0.6) is 5.75 Å². The van der Waals surface area contributed by atoms with Crippen LogP contribution in [0.25, 0.3) is 0 Å². The molecule has 0 saturated heterocycles. The third kappa shape index (κ3) is 6.74. The van der Waals surface area contributed by atoms with E-state index in [2.05, 4.69) is 15.6 Å². The number of nitrogens with one attached hydrogen (secondary N) is 3. The van der Waals surface area contributed by atoms with Crippen LogP contribution in [0.4, 0.5) is 5.69 Å². The highest BCUT2D eigenvalue weighted by Gasteiger charge is 2.17. The van der Waals surface area contributed by atoms with E-state index in [1.54, 1.807) is 24.3 Å². The van der Waals surface area contributed by atoms with Crippen molar-refractivity contribution >= 4 is 39.3 Å². The van der Waals surface area contributed by atoms with E-state index in [0.717, 1.165) is 10.5 Å². The molecule has 0 aliphatic heterocycles. The molecule has 0 fully saturated rings. The van der Waals surface area contributed by atoms with E-state index in [0.29, 0.717) is 11.4 Å². The first kappa shape index (κ1) is 24.1. The van der Waals surface area contributed by atoms with Gasteiger partial charge in [-0.05, 0) is 61.0 Å².